The standard InChI is InChI=1S/2C12H21N3O6.3C8H6O3S.CH2O3.Ga.Na.3H/c2*16-10(17)7-13-1-2-14(8-11(18)19)5-6-15(4-3-13)9-12(20)21;3*9-7-5-12(10,11)8-4-2-1-3-6(7)8;2-1-4-3;;;;;/h2*1-9H2,(H,16,17)(H,18,19)(H,20,21);3*1-4H,5H2;1,3H;;;;;/q;;;;;;;+1;;;/p-1/i;;;;;;1-2;;;;. The van der Waals surface area contributed by atoms with Gasteiger partial charge in [0, 0.05) is 95.2 Å². The molecule has 8 rings (SSSR count). The number of carboxylic acid groups (broad SMARTS) is 6. The van der Waals surface area contributed by atoms with Crippen molar-refractivity contribution in [3.8, 4) is 0 Å². The van der Waals surface area contributed by atoms with Gasteiger partial charge in [-0.3, -0.25) is 77.3 Å². The molecule has 3 aromatic carbocycles. The Morgan fingerprint density at radius 2 is 0.548 bits per heavy atom. The Kier molecular flexibility index (Phi) is 33.5. The van der Waals surface area contributed by atoms with E-state index in [9.17, 15) is 68.4 Å². The van der Waals surface area contributed by atoms with Crippen LogP contribution in [0.3, 0.4) is 0 Å². The second-order valence-corrected chi connectivity index (χ2v) is 24.1. The molecule has 0 bridgehead atoms. The monoisotopic (exact) mass is 1310 g/mol. The van der Waals surface area contributed by atoms with Crippen LogP contribution in [0.25, 0.3) is 0 Å². The van der Waals surface area contributed by atoms with Gasteiger partial charge in [-0.05, 0) is 18.2 Å². The smallest absolute Gasteiger partial charge is 1.00 e. The van der Waals surface area contributed by atoms with E-state index < -0.39 is 65.3 Å². The van der Waals surface area contributed by atoms with Crippen LogP contribution >= 0.6 is 0 Å². The van der Waals surface area contributed by atoms with Gasteiger partial charge in [0.25, 0.3) is 6.47 Å². The third kappa shape index (κ3) is 26.6. The summed E-state index contributed by atoms with van der Waals surface area (Å²) in [5.74, 6) is -7.74. The molecule has 6 N–H and O–H groups in total. The summed E-state index contributed by atoms with van der Waals surface area (Å²) in [6.07, 6.45) is 0. The van der Waals surface area contributed by atoms with Crippen molar-refractivity contribution >= 4 is 109 Å². The molecule has 3 aromatic rings. The van der Waals surface area contributed by atoms with E-state index in [1.54, 1.807) is 84.0 Å². The molecular formula is C49H64GaN6NaO24S3. The Balaban J connectivity index is 0.000000523. The van der Waals surface area contributed by atoms with Crippen molar-refractivity contribution in [1.82, 2.24) is 29.4 Å². The van der Waals surface area contributed by atoms with Gasteiger partial charge < -0.3 is 40.8 Å². The van der Waals surface area contributed by atoms with Gasteiger partial charge >= 0.3 is 85.2 Å². The maximum Gasteiger partial charge on any atom is 1.00 e. The summed E-state index contributed by atoms with van der Waals surface area (Å²) >= 11 is 0. The van der Waals surface area contributed by atoms with E-state index in [1.807, 2.05) is 0 Å². The Labute approximate surface area is 517 Å². The van der Waals surface area contributed by atoms with Crippen molar-refractivity contribution < 1.29 is 144 Å². The number of carbonyl (C=O) groups is 10. The maximum atomic E-state index is 11.2. The number of nitrogens with zero attached hydrogens (tertiary/aromatic N) is 6. The van der Waals surface area contributed by atoms with Crippen LogP contribution in [0.4, 0.5) is 0 Å². The van der Waals surface area contributed by atoms with Gasteiger partial charge in [0.1, 0.15) is 17.3 Å². The van der Waals surface area contributed by atoms with Gasteiger partial charge in [-0.2, -0.15) is 0 Å². The van der Waals surface area contributed by atoms with Gasteiger partial charge in [0.2, 0.25) is 0 Å². The fraction of sp³-hybridized carbons (Fsp3) is 0.429. The molecule has 0 aromatic heterocycles. The van der Waals surface area contributed by atoms with Crippen molar-refractivity contribution in [1.29, 1.82) is 0 Å². The first kappa shape index (κ1) is 76.2. The largest absolute Gasteiger partial charge is 1.00 e. The minimum atomic E-state index is -3.30. The number of sulfone groups is 3. The van der Waals surface area contributed by atoms with E-state index in [0.29, 0.717) is 95.2 Å². The average molecular weight is 1310 g/mol. The molecule has 2 saturated heterocycles. The van der Waals surface area contributed by atoms with Crippen LogP contribution in [0, 0.1) is 0 Å². The quantitative estimate of drug-likeness (QED) is 0.0401. The summed E-state index contributed by atoms with van der Waals surface area (Å²) < 4.78 is 67.5. The van der Waals surface area contributed by atoms with Crippen LogP contribution in [0.15, 0.2) is 87.5 Å². The summed E-state index contributed by atoms with van der Waals surface area (Å²) in [6, 6.07) is 18.9. The summed E-state index contributed by atoms with van der Waals surface area (Å²) in [6.45, 7) is 4.34. The van der Waals surface area contributed by atoms with Gasteiger partial charge in [-0.15, -0.1) is 0 Å². The first-order chi connectivity index (χ1) is 38.5. The number of fused-ring (bicyclic) bond motifs is 3. The second-order valence-electron chi connectivity index (χ2n) is 18.2. The molecule has 0 aliphatic carbocycles. The number of ketones is 3. The van der Waals surface area contributed by atoms with Crippen LogP contribution in [0.2, 0.25) is 0 Å². The molecule has 84 heavy (non-hydrogen) atoms. The number of carbonyl (C=O) groups excluding carboxylic acids is 4. The number of hydrogen-bond donors (Lipinski definition) is 6. The number of rotatable bonds is 13. The predicted molar refractivity (Wildman–Crippen MR) is 290 cm³/mol. The van der Waals surface area contributed by atoms with Gasteiger partial charge in [0.15, 0.2) is 46.9 Å². The number of aliphatic carboxylic acids is 6. The predicted octanol–water partition coefficient (Wildman–Crippen LogP) is -7.46. The van der Waals surface area contributed by atoms with Crippen LogP contribution in [-0.2, 0) is 68.0 Å². The Morgan fingerprint density at radius 1 is 0.393 bits per heavy atom. The van der Waals surface area contributed by atoms with Crippen LogP contribution in [0.1, 0.15) is 31.1 Å². The fourth-order valence-corrected chi connectivity index (χ4v) is 12.7. The zero-order chi connectivity index (χ0) is 61.4. The molecule has 5 heterocycles. The minimum absolute atomic E-state index is 0. The molecule has 0 saturated carbocycles. The Bertz CT molecular complexity index is 2740. The summed E-state index contributed by atoms with van der Waals surface area (Å²) in [7, 11) is -9.91. The zero-order valence-electron chi connectivity index (χ0n) is 44.8. The third-order valence-electron chi connectivity index (χ3n) is 12.1. The van der Waals surface area contributed by atoms with Crippen molar-refractivity contribution in [3.05, 3.63) is 89.5 Å². The van der Waals surface area contributed by atoms with Gasteiger partial charge in [-0.25, -0.2) is 25.3 Å². The van der Waals surface area contributed by atoms with Crippen LogP contribution < -0.4 is 34.8 Å². The van der Waals surface area contributed by atoms with Crippen LogP contribution in [0.5, 0.6) is 0 Å². The molecule has 0 atom stereocenters. The molecule has 30 nitrogen and oxygen atoms in total. The van der Waals surface area contributed by atoms with Gasteiger partial charge in [0.05, 0.1) is 54.0 Å². The summed E-state index contributed by atoms with van der Waals surface area (Å²) in [5, 5.41) is 61.6. The molecule has 0 unspecified atom stereocenters. The van der Waals surface area contributed by atoms with Crippen molar-refractivity contribution in [2.45, 2.75) is 14.7 Å². The maximum absolute atomic E-state index is 11.2. The second kappa shape index (κ2) is 36.9. The molecular weight excluding hydrogens is 1240 g/mol. The number of carboxylic acids is 6. The van der Waals surface area contributed by atoms with E-state index in [4.69, 9.17) is 40.7 Å². The van der Waals surface area contributed by atoms with Crippen molar-refractivity contribution in [3.63, 3.8) is 0 Å². The number of Topliss-reactive ketones (excluding diaryl/α,β-unsaturated/α-hetero) is 3. The Hall–Kier alpha value is -5.83. The minimum Gasteiger partial charge on any atom is 1.00 e. The molecule has 2 fully saturated rings. The van der Waals surface area contributed by atoms with Crippen molar-refractivity contribution in [2.75, 3.05) is 135 Å². The topological polar surface area (TPSA) is 446 Å². The Morgan fingerprint density at radius 3 is 0.679 bits per heavy atom. The van der Waals surface area contributed by atoms with E-state index in [2.05, 4.69) is 4.89 Å². The van der Waals surface area contributed by atoms with Gasteiger partial charge in [-0.1, -0.05) is 54.6 Å². The molecule has 35 heteroatoms. The molecule has 0 spiro atoms. The van der Waals surface area contributed by atoms with E-state index in [-0.39, 0.29) is 144 Å². The van der Waals surface area contributed by atoms with E-state index >= 15 is 0 Å². The average Bonchev–Trinajstić information content (AvgIpc) is 4.09. The normalized spacial score (nSPS) is 18.2. The molecule has 5 aliphatic rings. The van der Waals surface area contributed by atoms with E-state index in [0.717, 1.165) is 0 Å². The summed E-state index contributed by atoms with van der Waals surface area (Å²) in [5.41, 5.74) is 0.993. The van der Waals surface area contributed by atoms with E-state index in [1.165, 1.54) is 18.2 Å². The number of benzene rings is 3. The molecule has 5 aliphatic heterocycles. The first-order valence-electron chi connectivity index (χ1n) is 24.4. The molecule has 0 amide bonds. The first-order valence-corrected chi connectivity index (χ1v) is 29.4. The third-order valence-corrected chi connectivity index (χ3v) is 17.1. The van der Waals surface area contributed by atoms with Crippen molar-refractivity contribution in [2.24, 2.45) is 0 Å². The molecule has 0 radical (unpaired) electrons. The fourth-order valence-electron chi connectivity index (χ4n) is 8.35. The molecule has 456 valence electrons. The zero-order valence-corrected chi connectivity index (χ0v) is 49.2. The van der Waals surface area contributed by atoms with Crippen LogP contribution in [-0.4, -0.2) is 300 Å². The SMILES string of the molecule is O=C(O)CN1CCN(CC(=O)O)CCN(CC(=O)O)CC1.O=C(O)CN1CCN(CC(=O)O)CCN(CC(=O)O)CC1.O=C1CS(=O)(=O)c2ccccc21.O=C1CS(=O)(=O)c2ccccc21.O=C1CS(=O)(=O)c2ccccc21.O=CO[O-].[68GaH3].[Na+]. The number of hydrogen-bond acceptors (Lipinski definition) is 24. The summed E-state index contributed by atoms with van der Waals surface area (Å²) in [4.78, 5) is 120.